The molecule has 1 amide bonds. The zero-order chi connectivity index (χ0) is 16.9. The predicted molar refractivity (Wildman–Crippen MR) is 94.5 cm³/mol. The van der Waals surface area contributed by atoms with Crippen molar-refractivity contribution in [3.63, 3.8) is 0 Å². The van der Waals surface area contributed by atoms with Gasteiger partial charge in [0.1, 0.15) is 5.69 Å². The number of benzene rings is 1. The van der Waals surface area contributed by atoms with E-state index in [4.69, 9.17) is 0 Å². The molecule has 2 aromatic rings. The molecule has 0 atom stereocenters. The molecule has 1 aliphatic heterocycles. The lowest BCUT2D eigenvalue weighted by atomic mass is 10.1. The molecular weight excluding hydrogens is 326 g/mol. The van der Waals surface area contributed by atoms with Crippen LogP contribution in [0.1, 0.15) is 12.0 Å². The number of piperazine rings is 1. The smallest absolute Gasteiger partial charge is 0.292 e. The number of anilines is 1. The standard InChI is InChI=1S/C17H19N3O3S/c21-17(6-5-14-7-12-24-13-14)19-10-8-18(9-11-19)15-3-1-2-4-16(15)20(22)23/h1-4,7,12-13H,5-6,8-11H2. The summed E-state index contributed by atoms with van der Waals surface area (Å²) in [5, 5.41) is 15.2. The molecule has 0 N–H and O–H groups in total. The van der Waals surface area contributed by atoms with Gasteiger partial charge in [0.15, 0.2) is 0 Å². The molecule has 3 rings (SSSR count). The van der Waals surface area contributed by atoms with Crippen molar-refractivity contribution in [1.29, 1.82) is 0 Å². The Morgan fingerprint density at radius 1 is 1.17 bits per heavy atom. The fourth-order valence-electron chi connectivity index (χ4n) is 2.93. The van der Waals surface area contributed by atoms with Crippen LogP contribution in [-0.2, 0) is 11.2 Å². The first-order valence-corrected chi connectivity index (χ1v) is 8.86. The van der Waals surface area contributed by atoms with Crippen LogP contribution in [0.5, 0.6) is 0 Å². The van der Waals surface area contributed by atoms with Gasteiger partial charge in [-0.2, -0.15) is 11.3 Å². The van der Waals surface area contributed by atoms with Gasteiger partial charge in [0.05, 0.1) is 4.92 Å². The van der Waals surface area contributed by atoms with Crippen molar-refractivity contribution in [2.24, 2.45) is 0 Å². The summed E-state index contributed by atoms with van der Waals surface area (Å²) in [5.74, 6) is 0.156. The summed E-state index contributed by atoms with van der Waals surface area (Å²) in [5.41, 5.74) is 1.95. The van der Waals surface area contributed by atoms with E-state index in [2.05, 4.69) is 5.38 Å². The van der Waals surface area contributed by atoms with Gasteiger partial charge in [0.25, 0.3) is 5.69 Å². The van der Waals surface area contributed by atoms with Gasteiger partial charge in [-0.1, -0.05) is 12.1 Å². The fourth-order valence-corrected chi connectivity index (χ4v) is 3.63. The molecule has 0 saturated carbocycles. The van der Waals surface area contributed by atoms with E-state index < -0.39 is 0 Å². The maximum atomic E-state index is 12.3. The summed E-state index contributed by atoms with van der Waals surface area (Å²) >= 11 is 1.64. The van der Waals surface area contributed by atoms with Crippen LogP contribution in [0.25, 0.3) is 0 Å². The summed E-state index contributed by atoms with van der Waals surface area (Å²) in [7, 11) is 0. The number of hydrogen-bond donors (Lipinski definition) is 0. The van der Waals surface area contributed by atoms with Crippen molar-refractivity contribution in [3.05, 3.63) is 56.8 Å². The molecule has 1 aromatic heterocycles. The third-order valence-corrected chi connectivity index (χ3v) is 4.99. The number of nitro groups is 1. The second-order valence-electron chi connectivity index (χ2n) is 5.75. The largest absolute Gasteiger partial charge is 0.362 e. The van der Waals surface area contributed by atoms with E-state index in [1.54, 1.807) is 29.5 Å². The van der Waals surface area contributed by atoms with Crippen molar-refractivity contribution in [2.75, 3.05) is 31.1 Å². The number of nitrogens with zero attached hydrogens (tertiary/aromatic N) is 3. The van der Waals surface area contributed by atoms with Crippen LogP contribution in [-0.4, -0.2) is 41.9 Å². The quantitative estimate of drug-likeness (QED) is 0.617. The Kier molecular flexibility index (Phi) is 5.10. The van der Waals surface area contributed by atoms with Gasteiger partial charge in [-0.25, -0.2) is 0 Å². The molecule has 0 bridgehead atoms. The minimum absolute atomic E-state index is 0.120. The Morgan fingerprint density at radius 2 is 1.92 bits per heavy atom. The van der Waals surface area contributed by atoms with Crippen molar-refractivity contribution in [1.82, 2.24) is 4.90 Å². The maximum Gasteiger partial charge on any atom is 0.292 e. The number of nitro benzene ring substituents is 1. The van der Waals surface area contributed by atoms with Gasteiger partial charge < -0.3 is 9.80 Å². The van der Waals surface area contributed by atoms with Gasteiger partial charge in [0.2, 0.25) is 5.91 Å². The predicted octanol–water partition coefficient (Wildman–Crippen LogP) is 2.94. The molecule has 1 aliphatic rings. The summed E-state index contributed by atoms with van der Waals surface area (Å²) in [6, 6.07) is 8.82. The second-order valence-corrected chi connectivity index (χ2v) is 6.53. The average Bonchev–Trinajstić information content (AvgIpc) is 3.13. The van der Waals surface area contributed by atoms with Crippen molar-refractivity contribution >= 4 is 28.6 Å². The van der Waals surface area contributed by atoms with E-state index in [0.29, 0.717) is 38.3 Å². The normalized spacial score (nSPS) is 14.7. The Hall–Kier alpha value is -2.41. The van der Waals surface area contributed by atoms with Gasteiger partial charge >= 0.3 is 0 Å². The minimum Gasteiger partial charge on any atom is -0.362 e. The number of para-hydroxylation sites is 2. The van der Waals surface area contributed by atoms with Crippen LogP contribution < -0.4 is 4.90 Å². The molecule has 1 aromatic carbocycles. The Bertz CT molecular complexity index is 710. The lowest BCUT2D eigenvalue weighted by Crippen LogP contribution is -2.49. The summed E-state index contributed by atoms with van der Waals surface area (Å²) in [6.45, 7) is 2.45. The van der Waals surface area contributed by atoms with Crippen LogP contribution in [0.4, 0.5) is 11.4 Å². The van der Waals surface area contributed by atoms with Gasteiger partial charge in [0, 0.05) is 38.7 Å². The molecule has 126 valence electrons. The highest BCUT2D eigenvalue weighted by molar-refractivity contribution is 7.07. The zero-order valence-corrected chi connectivity index (χ0v) is 14.1. The van der Waals surface area contributed by atoms with Crippen molar-refractivity contribution < 1.29 is 9.72 Å². The lowest BCUT2D eigenvalue weighted by molar-refractivity contribution is -0.384. The molecule has 0 spiro atoms. The number of carbonyl (C=O) groups excluding carboxylic acids is 1. The molecule has 1 saturated heterocycles. The number of thiophene rings is 1. The number of amides is 1. The molecular formula is C17H19N3O3S. The molecule has 6 nitrogen and oxygen atoms in total. The number of carbonyl (C=O) groups is 1. The topological polar surface area (TPSA) is 66.7 Å². The van der Waals surface area contributed by atoms with Gasteiger partial charge in [-0.15, -0.1) is 0 Å². The van der Waals surface area contributed by atoms with Gasteiger partial charge in [-0.05, 0) is 34.9 Å². The third kappa shape index (κ3) is 3.73. The van der Waals surface area contributed by atoms with E-state index in [9.17, 15) is 14.9 Å². The molecule has 0 aliphatic carbocycles. The van der Waals surface area contributed by atoms with E-state index in [1.165, 1.54) is 11.6 Å². The minimum atomic E-state index is -0.353. The van der Waals surface area contributed by atoms with E-state index >= 15 is 0 Å². The zero-order valence-electron chi connectivity index (χ0n) is 13.3. The number of rotatable bonds is 5. The van der Waals surface area contributed by atoms with Crippen LogP contribution in [0, 0.1) is 10.1 Å². The Labute approximate surface area is 144 Å². The highest BCUT2D eigenvalue weighted by atomic mass is 32.1. The lowest BCUT2D eigenvalue weighted by Gasteiger charge is -2.35. The highest BCUT2D eigenvalue weighted by Crippen LogP contribution is 2.28. The monoisotopic (exact) mass is 345 g/mol. The molecule has 2 heterocycles. The van der Waals surface area contributed by atoms with E-state index in [1.807, 2.05) is 21.2 Å². The third-order valence-electron chi connectivity index (χ3n) is 4.26. The number of aryl methyl sites for hydroxylation is 1. The molecule has 24 heavy (non-hydrogen) atoms. The molecule has 1 fully saturated rings. The van der Waals surface area contributed by atoms with Crippen LogP contribution in [0.2, 0.25) is 0 Å². The first kappa shape index (κ1) is 16.4. The van der Waals surface area contributed by atoms with Crippen LogP contribution >= 0.6 is 11.3 Å². The first-order valence-electron chi connectivity index (χ1n) is 7.92. The second kappa shape index (κ2) is 7.44. The highest BCUT2D eigenvalue weighted by Gasteiger charge is 2.25. The van der Waals surface area contributed by atoms with Crippen molar-refractivity contribution in [3.8, 4) is 0 Å². The summed E-state index contributed by atoms with van der Waals surface area (Å²) < 4.78 is 0. The number of hydrogen-bond acceptors (Lipinski definition) is 5. The van der Waals surface area contributed by atoms with Crippen LogP contribution in [0.3, 0.4) is 0 Å². The first-order chi connectivity index (χ1) is 11.6. The molecule has 7 heteroatoms. The van der Waals surface area contributed by atoms with E-state index in [0.717, 1.165) is 6.42 Å². The van der Waals surface area contributed by atoms with Crippen LogP contribution in [0.15, 0.2) is 41.1 Å². The van der Waals surface area contributed by atoms with Crippen molar-refractivity contribution in [2.45, 2.75) is 12.8 Å². The average molecular weight is 345 g/mol. The maximum absolute atomic E-state index is 12.3. The molecule has 0 radical (unpaired) electrons. The SMILES string of the molecule is O=C(CCc1ccsc1)N1CCN(c2ccccc2[N+](=O)[O-])CC1. The summed E-state index contributed by atoms with van der Waals surface area (Å²) in [6.07, 6.45) is 1.29. The van der Waals surface area contributed by atoms with Gasteiger partial charge in [-0.3, -0.25) is 14.9 Å². The van der Waals surface area contributed by atoms with E-state index in [-0.39, 0.29) is 16.5 Å². The Balaban J connectivity index is 1.56. The summed E-state index contributed by atoms with van der Waals surface area (Å²) in [4.78, 5) is 27.0. The fraction of sp³-hybridized carbons (Fsp3) is 0.353. The molecule has 0 unspecified atom stereocenters. The Morgan fingerprint density at radius 3 is 2.58 bits per heavy atom.